The van der Waals surface area contributed by atoms with E-state index in [1.54, 1.807) is 25.2 Å². The van der Waals surface area contributed by atoms with Gasteiger partial charge in [-0.05, 0) is 43.4 Å². The number of aryl methyl sites for hydroxylation is 1. The van der Waals surface area contributed by atoms with E-state index in [0.29, 0.717) is 13.1 Å². The molecular weight excluding hydrogens is 304 g/mol. The van der Waals surface area contributed by atoms with Gasteiger partial charge in [-0.1, -0.05) is 6.92 Å². The van der Waals surface area contributed by atoms with E-state index in [0.717, 1.165) is 30.4 Å². The fourth-order valence-corrected chi connectivity index (χ4v) is 3.18. The summed E-state index contributed by atoms with van der Waals surface area (Å²) in [7, 11) is 3.51. The Bertz CT molecular complexity index is 580. The molecule has 1 aliphatic heterocycles. The zero-order chi connectivity index (χ0) is 17.7. The van der Waals surface area contributed by atoms with Crippen LogP contribution in [-0.4, -0.2) is 53.9 Å². The van der Waals surface area contributed by atoms with Gasteiger partial charge in [0.1, 0.15) is 0 Å². The Kier molecular flexibility index (Phi) is 6.17. The summed E-state index contributed by atoms with van der Waals surface area (Å²) in [5, 5.41) is 3.13. The first-order chi connectivity index (χ1) is 11.4. The molecule has 1 aromatic rings. The van der Waals surface area contributed by atoms with Gasteiger partial charge >= 0.3 is 6.03 Å². The first kappa shape index (κ1) is 18.2. The normalized spacial score (nSPS) is 16.6. The number of hydrogen-bond acceptors (Lipinski definition) is 3. The van der Waals surface area contributed by atoms with Crippen LogP contribution in [0.1, 0.15) is 43.9 Å². The highest BCUT2D eigenvalue weighted by Crippen LogP contribution is 2.21. The van der Waals surface area contributed by atoms with E-state index in [4.69, 9.17) is 0 Å². The summed E-state index contributed by atoms with van der Waals surface area (Å²) in [6, 6.07) is 1.96. The minimum absolute atomic E-state index is 0.0200. The van der Waals surface area contributed by atoms with Gasteiger partial charge in [0.2, 0.25) is 5.91 Å². The third kappa shape index (κ3) is 4.24. The third-order valence-corrected chi connectivity index (χ3v) is 4.67. The molecule has 2 rings (SSSR count). The molecule has 1 saturated heterocycles. The summed E-state index contributed by atoms with van der Waals surface area (Å²) >= 11 is 0. The second-order valence-electron chi connectivity index (χ2n) is 6.60. The number of amides is 3. The molecule has 1 atom stereocenters. The highest BCUT2D eigenvalue weighted by Gasteiger charge is 2.28. The standard InChI is InChI=1S/C18H28N4O2/c1-5-14-12-19-9-6-16(14)13(2)20-17(23)15-7-10-22(11-8-15)18(24)21(3)4/h6,9,12-13,15H,5,7-8,10-11H2,1-4H3,(H,20,23). The third-order valence-electron chi connectivity index (χ3n) is 4.67. The van der Waals surface area contributed by atoms with Crippen molar-refractivity contribution in [3.63, 3.8) is 0 Å². The summed E-state index contributed by atoms with van der Waals surface area (Å²) < 4.78 is 0. The predicted molar refractivity (Wildman–Crippen MR) is 93.6 cm³/mol. The summed E-state index contributed by atoms with van der Waals surface area (Å²) in [4.78, 5) is 32.0. The molecule has 0 spiro atoms. The molecule has 1 fully saturated rings. The molecule has 3 amide bonds. The highest BCUT2D eigenvalue weighted by atomic mass is 16.2. The van der Waals surface area contributed by atoms with E-state index in [2.05, 4.69) is 17.2 Å². The number of pyridine rings is 1. The molecule has 0 bridgehead atoms. The van der Waals surface area contributed by atoms with Gasteiger partial charge in [-0.2, -0.15) is 0 Å². The van der Waals surface area contributed by atoms with Gasteiger partial charge in [-0.3, -0.25) is 9.78 Å². The monoisotopic (exact) mass is 332 g/mol. The van der Waals surface area contributed by atoms with Crippen molar-refractivity contribution < 1.29 is 9.59 Å². The van der Waals surface area contributed by atoms with Crippen molar-refractivity contribution in [1.29, 1.82) is 0 Å². The lowest BCUT2D eigenvalue weighted by molar-refractivity contribution is -0.126. The topological polar surface area (TPSA) is 65.5 Å². The summed E-state index contributed by atoms with van der Waals surface area (Å²) in [5.41, 5.74) is 2.29. The number of carbonyl (C=O) groups excluding carboxylic acids is 2. The minimum atomic E-state index is -0.0307. The van der Waals surface area contributed by atoms with E-state index in [-0.39, 0.29) is 23.9 Å². The van der Waals surface area contributed by atoms with Crippen LogP contribution >= 0.6 is 0 Å². The Labute approximate surface area is 144 Å². The fourth-order valence-electron chi connectivity index (χ4n) is 3.18. The number of nitrogens with zero attached hydrogens (tertiary/aromatic N) is 3. The average molecular weight is 332 g/mol. The molecule has 0 aromatic carbocycles. The number of likely N-dealkylation sites (tertiary alicyclic amines) is 1. The Morgan fingerprint density at radius 3 is 2.62 bits per heavy atom. The first-order valence-corrected chi connectivity index (χ1v) is 8.63. The Hall–Kier alpha value is -2.11. The number of nitrogens with one attached hydrogen (secondary N) is 1. The van der Waals surface area contributed by atoms with Crippen LogP contribution in [0.5, 0.6) is 0 Å². The van der Waals surface area contributed by atoms with Gasteiger partial charge in [0, 0.05) is 45.5 Å². The molecule has 1 N–H and O–H groups in total. The number of piperidine rings is 1. The lowest BCUT2D eigenvalue weighted by Gasteiger charge is -2.33. The van der Waals surface area contributed by atoms with Gasteiger partial charge in [0.05, 0.1) is 6.04 Å². The van der Waals surface area contributed by atoms with E-state index < -0.39 is 0 Å². The maximum atomic E-state index is 12.6. The number of rotatable bonds is 4. The number of urea groups is 1. The van der Waals surface area contributed by atoms with Gasteiger partial charge in [0.25, 0.3) is 0 Å². The van der Waals surface area contributed by atoms with Crippen LogP contribution in [0, 0.1) is 5.92 Å². The van der Waals surface area contributed by atoms with Crippen molar-refractivity contribution in [3.8, 4) is 0 Å². The van der Waals surface area contributed by atoms with Crippen molar-refractivity contribution >= 4 is 11.9 Å². The predicted octanol–water partition coefficient (Wildman–Crippen LogP) is 2.21. The van der Waals surface area contributed by atoms with Crippen molar-refractivity contribution in [2.75, 3.05) is 27.2 Å². The quantitative estimate of drug-likeness (QED) is 0.919. The maximum Gasteiger partial charge on any atom is 0.319 e. The molecule has 1 aliphatic rings. The fraction of sp³-hybridized carbons (Fsp3) is 0.611. The van der Waals surface area contributed by atoms with Crippen LogP contribution < -0.4 is 5.32 Å². The van der Waals surface area contributed by atoms with E-state index in [1.165, 1.54) is 0 Å². The van der Waals surface area contributed by atoms with Crippen LogP contribution in [0.4, 0.5) is 4.79 Å². The highest BCUT2D eigenvalue weighted by molar-refractivity contribution is 5.80. The molecule has 24 heavy (non-hydrogen) atoms. The van der Waals surface area contributed by atoms with Gasteiger partial charge in [0.15, 0.2) is 0 Å². The number of aromatic nitrogens is 1. The average Bonchev–Trinajstić information content (AvgIpc) is 2.60. The zero-order valence-electron chi connectivity index (χ0n) is 15.1. The van der Waals surface area contributed by atoms with Crippen LogP contribution in [0.3, 0.4) is 0 Å². The van der Waals surface area contributed by atoms with Gasteiger partial charge in [-0.25, -0.2) is 4.79 Å². The Morgan fingerprint density at radius 2 is 2.04 bits per heavy atom. The lowest BCUT2D eigenvalue weighted by atomic mass is 9.95. The van der Waals surface area contributed by atoms with E-state index in [1.807, 2.05) is 24.1 Å². The summed E-state index contributed by atoms with van der Waals surface area (Å²) in [6.45, 7) is 5.38. The molecule has 1 unspecified atom stereocenters. The molecule has 132 valence electrons. The molecule has 6 heteroatoms. The van der Waals surface area contributed by atoms with Gasteiger partial charge in [-0.15, -0.1) is 0 Å². The van der Waals surface area contributed by atoms with Crippen molar-refractivity contribution in [2.45, 2.75) is 39.2 Å². The first-order valence-electron chi connectivity index (χ1n) is 8.63. The van der Waals surface area contributed by atoms with Crippen LogP contribution in [0.2, 0.25) is 0 Å². The zero-order valence-corrected chi connectivity index (χ0v) is 15.1. The molecule has 1 aromatic heterocycles. The minimum Gasteiger partial charge on any atom is -0.349 e. The Balaban J connectivity index is 1.90. The van der Waals surface area contributed by atoms with Crippen LogP contribution in [0.25, 0.3) is 0 Å². The van der Waals surface area contributed by atoms with Crippen molar-refractivity contribution in [1.82, 2.24) is 20.1 Å². The van der Waals surface area contributed by atoms with Gasteiger partial charge < -0.3 is 15.1 Å². The van der Waals surface area contributed by atoms with Crippen molar-refractivity contribution in [2.24, 2.45) is 5.92 Å². The smallest absolute Gasteiger partial charge is 0.319 e. The lowest BCUT2D eigenvalue weighted by Crippen LogP contribution is -2.46. The van der Waals surface area contributed by atoms with E-state index >= 15 is 0 Å². The molecule has 0 radical (unpaired) electrons. The number of hydrogen-bond donors (Lipinski definition) is 1. The second kappa shape index (κ2) is 8.13. The molecule has 6 nitrogen and oxygen atoms in total. The second-order valence-corrected chi connectivity index (χ2v) is 6.60. The largest absolute Gasteiger partial charge is 0.349 e. The van der Waals surface area contributed by atoms with Crippen LogP contribution in [0.15, 0.2) is 18.5 Å². The van der Waals surface area contributed by atoms with Crippen LogP contribution in [-0.2, 0) is 11.2 Å². The maximum absolute atomic E-state index is 12.6. The van der Waals surface area contributed by atoms with E-state index in [9.17, 15) is 9.59 Å². The molecular formula is C18H28N4O2. The molecule has 0 aliphatic carbocycles. The van der Waals surface area contributed by atoms with Crippen molar-refractivity contribution in [3.05, 3.63) is 29.6 Å². The molecule has 0 saturated carbocycles. The Morgan fingerprint density at radius 1 is 1.38 bits per heavy atom. The summed E-state index contributed by atoms with van der Waals surface area (Å²) in [6.07, 6.45) is 5.96. The SMILES string of the molecule is CCc1cnccc1C(C)NC(=O)C1CCN(C(=O)N(C)C)CC1. The summed E-state index contributed by atoms with van der Waals surface area (Å²) in [5.74, 6) is 0.0592. The molecule has 2 heterocycles. The number of carbonyl (C=O) groups is 2.